The molecule has 0 amide bonds. The molecule has 24 heavy (non-hydrogen) atoms. The van der Waals surface area contributed by atoms with Crippen LogP contribution in [0.1, 0.15) is 18.4 Å². The summed E-state index contributed by atoms with van der Waals surface area (Å²) in [4.78, 5) is 5.87. The summed E-state index contributed by atoms with van der Waals surface area (Å²) >= 11 is 0. The van der Waals surface area contributed by atoms with Crippen LogP contribution in [0.25, 0.3) is 10.8 Å². The second-order valence-electron chi connectivity index (χ2n) is 6.68. The molecule has 1 aliphatic rings. The van der Waals surface area contributed by atoms with E-state index in [9.17, 15) is 0 Å². The lowest BCUT2D eigenvalue weighted by atomic mass is 10.0. The van der Waals surface area contributed by atoms with E-state index >= 15 is 0 Å². The largest absolute Gasteiger partial charge is 0.370 e. The molecule has 124 valence electrons. The van der Waals surface area contributed by atoms with Crippen molar-refractivity contribution in [3.05, 3.63) is 66.4 Å². The van der Waals surface area contributed by atoms with Gasteiger partial charge in [0.05, 0.1) is 0 Å². The summed E-state index contributed by atoms with van der Waals surface area (Å²) in [6.07, 6.45) is 5.70. The van der Waals surface area contributed by atoms with E-state index in [4.69, 9.17) is 0 Å². The minimum absolute atomic E-state index is 0.642. The first-order valence-electron chi connectivity index (χ1n) is 8.98. The fourth-order valence-electron chi connectivity index (χ4n) is 3.86. The van der Waals surface area contributed by atoms with E-state index in [2.05, 4.69) is 63.7 Å². The maximum atomic E-state index is 3.53. The van der Waals surface area contributed by atoms with E-state index in [0.29, 0.717) is 6.04 Å². The highest BCUT2D eigenvalue weighted by Crippen LogP contribution is 2.22. The molecule has 1 fully saturated rings. The van der Waals surface area contributed by atoms with Gasteiger partial charge in [-0.15, -0.1) is 0 Å². The number of aromatic amines is 1. The molecule has 3 heteroatoms. The summed E-state index contributed by atoms with van der Waals surface area (Å²) < 4.78 is 0. The Morgan fingerprint density at radius 1 is 1.04 bits per heavy atom. The van der Waals surface area contributed by atoms with E-state index < -0.39 is 0 Å². The lowest BCUT2D eigenvalue weighted by Crippen LogP contribution is -2.36. The second kappa shape index (κ2) is 7.10. The monoisotopic (exact) mass is 319 g/mol. The summed E-state index contributed by atoms with van der Waals surface area (Å²) in [5.41, 5.74) is 1.47. The number of hydrogen-bond acceptors (Lipinski definition) is 2. The summed E-state index contributed by atoms with van der Waals surface area (Å²) in [6.45, 7) is 3.39. The van der Waals surface area contributed by atoms with Gasteiger partial charge in [0, 0.05) is 25.3 Å². The maximum absolute atomic E-state index is 3.53. The number of anilines is 1. The lowest BCUT2D eigenvalue weighted by Gasteiger charge is -2.25. The molecule has 0 aliphatic carbocycles. The SMILES string of the molecule is c1c[nH]c(NCC2CCCN2CCc2cccc3ccccc23)c1. The number of nitrogens with zero attached hydrogens (tertiary/aromatic N) is 1. The van der Waals surface area contributed by atoms with Crippen molar-refractivity contribution in [2.75, 3.05) is 25.0 Å². The number of benzene rings is 2. The predicted molar refractivity (Wildman–Crippen MR) is 102 cm³/mol. The van der Waals surface area contributed by atoms with Gasteiger partial charge in [0.15, 0.2) is 0 Å². The first-order chi connectivity index (χ1) is 11.9. The molecule has 3 aromatic rings. The van der Waals surface area contributed by atoms with Gasteiger partial charge in [-0.25, -0.2) is 0 Å². The molecule has 0 saturated carbocycles. The smallest absolute Gasteiger partial charge is 0.103 e. The lowest BCUT2D eigenvalue weighted by molar-refractivity contribution is 0.266. The second-order valence-corrected chi connectivity index (χ2v) is 6.68. The first-order valence-corrected chi connectivity index (χ1v) is 8.98. The molecular weight excluding hydrogens is 294 g/mol. The van der Waals surface area contributed by atoms with Crippen LogP contribution >= 0.6 is 0 Å². The van der Waals surface area contributed by atoms with Crippen LogP contribution in [-0.4, -0.2) is 35.6 Å². The van der Waals surface area contributed by atoms with Gasteiger partial charge in [-0.1, -0.05) is 42.5 Å². The highest BCUT2D eigenvalue weighted by molar-refractivity contribution is 5.85. The van der Waals surface area contributed by atoms with E-state index in [1.54, 1.807) is 0 Å². The molecule has 1 aromatic heterocycles. The van der Waals surface area contributed by atoms with Crippen molar-refractivity contribution in [2.45, 2.75) is 25.3 Å². The summed E-state index contributed by atoms with van der Waals surface area (Å²) in [7, 11) is 0. The highest BCUT2D eigenvalue weighted by Gasteiger charge is 2.23. The molecule has 2 heterocycles. The van der Waals surface area contributed by atoms with Crippen LogP contribution in [0.4, 0.5) is 5.82 Å². The zero-order chi connectivity index (χ0) is 16.2. The average molecular weight is 319 g/mol. The van der Waals surface area contributed by atoms with Crippen molar-refractivity contribution in [1.29, 1.82) is 0 Å². The Morgan fingerprint density at radius 2 is 1.96 bits per heavy atom. The van der Waals surface area contributed by atoms with Gasteiger partial charge in [-0.3, -0.25) is 4.90 Å². The quantitative estimate of drug-likeness (QED) is 0.710. The van der Waals surface area contributed by atoms with Crippen molar-refractivity contribution < 1.29 is 0 Å². The van der Waals surface area contributed by atoms with Crippen LogP contribution in [0.5, 0.6) is 0 Å². The van der Waals surface area contributed by atoms with E-state index in [0.717, 1.165) is 25.3 Å². The molecular formula is C21H25N3. The normalized spacial score (nSPS) is 18.2. The van der Waals surface area contributed by atoms with Gasteiger partial charge in [-0.05, 0) is 54.3 Å². The van der Waals surface area contributed by atoms with Gasteiger partial charge < -0.3 is 10.3 Å². The number of H-pyrrole nitrogens is 1. The Bertz CT molecular complexity index is 773. The van der Waals surface area contributed by atoms with Crippen molar-refractivity contribution in [3.8, 4) is 0 Å². The summed E-state index contributed by atoms with van der Waals surface area (Å²) in [5.74, 6) is 1.12. The Kier molecular flexibility index (Phi) is 4.52. The topological polar surface area (TPSA) is 31.1 Å². The van der Waals surface area contributed by atoms with E-state index in [-0.39, 0.29) is 0 Å². The van der Waals surface area contributed by atoms with Crippen LogP contribution in [0.15, 0.2) is 60.8 Å². The number of likely N-dealkylation sites (tertiary alicyclic amines) is 1. The number of nitrogens with one attached hydrogen (secondary N) is 2. The Morgan fingerprint density at radius 3 is 2.88 bits per heavy atom. The first kappa shape index (κ1) is 15.3. The molecule has 3 nitrogen and oxygen atoms in total. The molecule has 1 unspecified atom stereocenters. The molecule has 4 rings (SSSR count). The molecule has 1 aliphatic heterocycles. The van der Waals surface area contributed by atoms with Crippen LogP contribution < -0.4 is 5.32 Å². The third-order valence-corrected chi connectivity index (χ3v) is 5.17. The van der Waals surface area contributed by atoms with Crippen LogP contribution in [0.3, 0.4) is 0 Å². The highest BCUT2D eigenvalue weighted by atomic mass is 15.2. The van der Waals surface area contributed by atoms with Gasteiger partial charge >= 0.3 is 0 Å². The zero-order valence-corrected chi connectivity index (χ0v) is 14.0. The molecule has 1 atom stereocenters. The number of fused-ring (bicyclic) bond motifs is 1. The number of aromatic nitrogens is 1. The number of hydrogen-bond donors (Lipinski definition) is 2. The van der Waals surface area contributed by atoms with Crippen LogP contribution in [0, 0.1) is 0 Å². The average Bonchev–Trinajstić information content (AvgIpc) is 3.29. The van der Waals surface area contributed by atoms with Crippen LogP contribution in [-0.2, 0) is 6.42 Å². The summed E-state index contributed by atoms with van der Waals surface area (Å²) in [5, 5.41) is 6.28. The van der Waals surface area contributed by atoms with Gasteiger partial charge in [0.1, 0.15) is 5.82 Å². The minimum atomic E-state index is 0.642. The summed E-state index contributed by atoms with van der Waals surface area (Å²) in [6, 6.07) is 20.2. The van der Waals surface area contributed by atoms with E-state index in [1.165, 1.54) is 35.7 Å². The fraction of sp³-hybridized carbons (Fsp3) is 0.333. The van der Waals surface area contributed by atoms with Crippen molar-refractivity contribution in [1.82, 2.24) is 9.88 Å². The number of rotatable bonds is 6. The van der Waals surface area contributed by atoms with Gasteiger partial charge in [0.25, 0.3) is 0 Å². The maximum Gasteiger partial charge on any atom is 0.103 e. The minimum Gasteiger partial charge on any atom is -0.370 e. The Balaban J connectivity index is 1.39. The van der Waals surface area contributed by atoms with E-state index in [1.807, 2.05) is 12.3 Å². The standard InChI is InChI=1S/C21H25N3/c1-2-10-20-17(6-1)7-3-8-18(20)12-15-24-14-5-9-19(24)16-23-21-11-4-13-22-21/h1-4,6-8,10-11,13,19,22-23H,5,9,12,14-16H2. The molecule has 0 radical (unpaired) electrons. The molecule has 2 aromatic carbocycles. The predicted octanol–water partition coefficient (Wildman–Crippen LogP) is 4.29. The fourth-order valence-corrected chi connectivity index (χ4v) is 3.86. The zero-order valence-electron chi connectivity index (χ0n) is 14.0. The Labute approximate surface area is 143 Å². The molecule has 0 spiro atoms. The van der Waals surface area contributed by atoms with Crippen molar-refractivity contribution in [2.24, 2.45) is 0 Å². The molecule has 0 bridgehead atoms. The van der Waals surface area contributed by atoms with Gasteiger partial charge in [-0.2, -0.15) is 0 Å². The molecule has 2 N–H and O–H groups in total. The van der Waals surface area contributed by atoms with Crippen molar-refractivity contribution >= 4 is 16.6 Å². The van der Waals surface area contributed by atoms with Gasteiger partial charge in [0.2, 0.25) is 0 Å². The van der Waals surface area contributed by atoms with Crippen LogP contribution in [0.2, 0.25) is 0 Å². The molecule has 1 saturated heterocycles. The third kappa shape index (κ3) is 3.31. The Hall–Kier alpha value is -2.26. The third-order valence-electron chi connectivity index (χ3n) is 5.17. The van der Waals surface area contributed by atoms with Crippen molar-refractivity contribution in [3.63, 3.8) is 0 Å².